The summed E-state index contributed by atoms with van der Waals surface area (Å²) in [5.74, 6) is -0.304. The number of benzene rings is 2. The molecule has 1 atom stereocenters. The maximum atomic E-state index is 9.33. The second-order valence-corrected chi connectivity index (χ2v) is 5.20. The largest absolute Gasteiger partial charge is 0.198 e. The number of hydrogen-bond acceptors (Lipinski definition) is 2. The van der Waals surface area contributed by atoms with Crippen LogP contribution in [-0.4, -0.2) is 0 Å². The highest BCUT2D eigenvalue weighted by atomic mass is 35.5. The molecular formula is C16H10Cl2N2. The highest BCUT2D eigenvalue weighted by Gasteiger charge is 2.13. The average Bonchev–Trinajstić information content (AvgIpc) is 2.47. The molecule has 2 nitrogen and oxygen atoms in total. The fourth-order valence-corrected chi connectivity index (χ4v) is 2.42. The monoisotopic (exact) mass is 300 g/mol. The van der Waals surface area contributed by atoms with Gasteiger partial charge >= 0.3 is 0 Å². The quantitative estimate of drug-likeness (QED) is 0.824. The van der Waals surface area contributed by atoms with Crippen LogP contribution in [0.4, 0.5) is 0 Å². The number of nitriles is 2. The van der Waals surface area contributed by atoms with Crippen LogP contribution >= 0.6 is 23.2 Å². The summed E-state index contributed by atoms with van der Waals surface area (Å²) in [7, 11) is 0. The van der Waals surface area contributed by atoms with E-state index in [2.05, 4.69) is 12.1 Å². The molecular weight excluding hydrogens is 291 g/mol. The third-order valence-electron chi connectivity index (χ3n) is 3.04. The zero-order valence-electron chi connectivity index (χ0n) is 10.5. The zero-order chi connectivity index (χ0) is 14.5. The van der Waals surface area contributed by atoms with Crippen molar-refractivity contribution in [1.82, 2.24) is 0 Å². The molecule has 4 heteroatoms. The summed E-state index contributed by atoms with van der Waals surface area (Å²) in [6.07, 6.45) is 0.512. The van der Waals surface area contributed by atoms with Gasteiger partial charge in [0.15, 0.2) is 0 Å². The van der Waals surface area contributed by atoms with Crippen molar-refractivity contribution in [3.63, 3.8) is 0 Å². The van der Waals surface area contributed by atoms with Gasteiger partial charge in [0.1, 0.15) is 0 Å². The first-order valence-corrected chi connectivity index (χ1v) is 6.73. The normalized spacial score (nSPS) is 11.4. The van der Waals surface area contributed by atoms with E-state index in [1.165, 1.54) is 0 Å². The molecule has 0 amide bonds. The van der Waals surface area contributed by atoms with Gasteiger partial charge in [-0.3, -0.25) is 0 Å². The first-order chi connectivity index (χ1) is 9.63. The van der Waals surface area contributed by atoms with Gasteiger partial charge < -0.3 is 0 Å². The molecule has 0 spiro atoms. The molecule has 0 saturated carbocycles. The van der Waals surface area contributed by atoms with E-state index >= 15 is 0 Å². The lowest BCUT2D eigenvalue weighted by Crippen LogP contribution is -2.01. The smallest absolute Gasteiger partial charge is 0.0991 e. The Morgan fingerprint density at radius 1 is 1.00 bits per heavy atom. The molecule has 98 valence electrons. The van der Waals surface area contributed by atoms with Gasteiger partial charge in [0, 0.05) is 10.0 Å². The SMILES string of the molecule is N#Cc1ccc(C(C#N)Cc2ccc(Cl)cc2Cl)cc1. The summed E-state index contributed by atoms with van der Waals surface area (Å²) >= 11 is 12.0. The Balaban J connectivity index is 2.25. The lowest BCUT2D eigenvalue weighted by Gasteiger charge is -2.11. The minimum atomic E-state index is -0.304. The minimum absolute atomic E-state index is 0.304. The van der Waals surface area contributed by atoms with Crippen LogP contribution in [0.5, 0.6) is 0 Å². The Labute approximate surface area is 127 Å². The summed E-state index contributed by atoms with van der Waals surface area (Å²) in [5.41, 5.74) is 2.33. The average molecular weight is 301 g/mol. The summed E-state index contributed by atoms with van der Waals surface area (Å²) < 4.78 is 0. The number of hydrogen-bond donors (Lipinski definition) is 0. The molecule has 0 radical (unpaired) electrons. The first-order valence-electron chi connectivity index (χ1n) is 5.97. The molecule has 2 aromatic rings. The van der Waals surface area contributed by atoms with Gasteiger partial charge in [-0.15, -0.1) is 0 Å². The van der Waals surface area contributed by atoms with Gasteiger partial charge in [-0.05, 0) is 41.8 Å². The highest BCUT2D eigenvalue weighted by Crippen LogP contribution is 2.27. The fourth-order valence-electron chi connectivity index (χ4n) is 1.94. The van der Waals surface area contributed by atoms with Crippen LogP contribution in [0.15, 0.2) is 42.5 Å². The zero-order valence-corrected chi connectivity index (χ0v) is 12.0. The van der Waals surface area contributed by atoms with Crippen molar-refractivity contribution < 1.29 is 0 Å². The van der Waals surface area contributed by atoms with Gasteiger partial charge in [-0.1, -0.05) is 41.4 Å². The Morgan fingerprint density at radius 3 is 2.25 bits per heavy atom. The molecule has 0 aliphatic carbocycles. The van der Waals surface area contributed by atoms with Crippen LogP contribution in [0.3, 0.4) is 0 Å². The molecule has 0 N–H and O–H groups in total. The van der Waals surface area contributed by atoms with E-state index in [1.54, 1.807) is 36.4 Å². The molecule has 2 rings (SSSR count). The first kappa shape index (κ1) is 14.4. The second kappa shape index (κ2) is 6.44. The molecule has 2 aromatic carbocycles. The van der Waals surface area contributed by atoms with Crippen molar-refractivity contribution >= 4 is 23.2 Å². The standard InChI is InChI=1S/C16H10Cl2N2/c17-15-6-5-13(16(18)8-15)7-14(10-20)12-3-1-11(9-19)2-4-12/h1-6,8,14H,7H2. The Hall–Kier alpha value is -2.00. The molecule has 1 unspecified atom stereocenters. The Morgan fingerprint density at radius 2 is 1.70 bits per heavy atom. The summed E-state index contributed by atoms with van der Waals surface area (Å²) in [6.45, 7) is 0. The maximum Gasteiger partial charge on any atom is 0.0991 e. The molecule has 0 aliphatic rings. The summed E-state index contributed by atoms with van der Waals surface area (Å²) in [6, 6.07) is 16.6. The van der Waals surface area contributed by atoms with Crippen LogP contribution in [-0.2, 0) is 6.42 Å². The van der Waals surface area contributed by atoms with Crippen molar-refractivity contribution in [3.05, 3.63) is 69.2 Å². The number of halogens is 2. The van der Waals surface area contributed by atoms with Gasteiger partial charge in [0.25, 0.3) is 0 Å². The number of nitrogens with zero attached hydrogens (tertiary/aromatic N) is 2. The molecule has 0 saturated heterocycles. The Bertz CT molecular complexity index is 694. The van der Waals surface area contributed by atoms with Crippen LogP contribution in [0.25, 0.3) is 0 Å². The topological polar surface area (TPSA) is 47.6 Å². The third-order valence-corrected chi connectivity index (χ3v) is 3.62. The molecule has 0 fully saturated rings. The summed E-state index contributed by atoms with van der Waals surface area (Å²) in [4.78, 5) is 0. The van der Waals surface area contributed by atoms with Crippen molar-refractivity contribution in [2.75, 3.05) is 0 Å². The molecule has 20 heavy (non-hydrogen) atoms. The molecule has 0 aliphatic heterocycles. The van der Waals surface area contributed by atoms with E-state index in [1.807, 2.05) is 6.07 Å². The predicted molar refractivity (Wildman–Crippen MR) is 79.7 cm³/mol. The lowest BCUT2D eigenvalue weighted by atomic mass is 9.93. The van der Waals surface area contributed by atoms with Crippen molar-refractivity contribution in [1.29, 1.82) is 10.5 Å². The van der Waals surface area contributed by atoms with Crippen LogP contribution < -0.4 is 0 Å². The van der Waals surface area contributed by atoms with Crippen LogP contribution in [0, 0.1) is 22.7 Å². The van der Waals surface area contributed by atoms with Gasteiger partial charge in [0.05, 0.1) is 23.6 Å². The Kier molecular flexibility index (Phi) is 4.64. The maximum absolute atomic E-state index is 9.33. The fraction of sp³-hybridized carbons (Fsp3) is 0.125. The van der Waals surface area contributed by atoms with E-state index < -0.39 is 0 Å². The van der Waals surface area contributed by atoms with E-state index in [4.69, 9.17) is 28.5 Å². The third kappa shape index (κ3) is 3.31. The van der Waals surface area contributed by atoms with Gasteiger partial charge in [0.2, 0.25) is 0 Å². The predicted octanol–water partition coefficient (Wildman–Crippen LogP) is 4.71. The van der Waals surface area contributed by atoms with Gasteiger partial charge in [-0.2, -0.15) is 10.5 Å². The lowest BCUT2D eigenvalue weighted by molar-refractivity contribution is 0.849. The van der Waals surface area contributed by atoms with Gasteiger partial charge in [-0.25, -0.2) is 0 Å². The second-order valence-electron chi connectivity index (χ2n) is 4.36. The van der Waals surface area contributed by atoms with Crippen molar-refractivity contribution in [2.45, 2.75) is 12.3 Å². The molecule has 0 bridgehead atoms. The number of rotatable bonds is 3. The summed E-state index contributed by atoms with van der Waals surface area (Å²) in [5, 5.41) is 19.2. The molecule has 0 heterocycles. The minimum Gasteiger partial charge on any atom is -0.198 e. The van der Waals surface area contributed by atoms with E-state index in [0.717, 1.165) is 11.1 Å². The molecule has 0 aromatic heterocycles. The van der Waals surface area contributed by atoms with E-state index in [-0.39, 0.29) is 5.92 Å². The van der Waals surface area contributed by atoms with Crippen LogP contribution in [0.2, 0.25) is 10.0 Å². The van der Waals surface area contributed by atoms with E-state index in [9.17, 15) is 5.26 Å². The van der Waals surface area contributed by atoms with Crippen molar-refractivity contribution in [2.24, 2.45) is 0 Å². The highest BCUT2D eigenvalue weighted by molar-refractivity contribution is 6.35. The van der Waals surface area contributed by atoms with Crippen molar-refractivity contribution in [3.8, 4) is 12.1 Å². The van der Waals surface area contributed by atoms with E-state index in [0.29, 0.717) is 22.0 Å². The van der Waals surface area contributed by atoms with Crippen LogP contribution in [0.1, 0.15) is 22.6 Å².